The third-order valence-corrected chi connectivity index (χ3v) is 28.8. The number of hydrogen-bond acceptors (Lipinski definition) is 13. The molecular weight excluding hydrogens is 1830 g/mol. The van der Waals surface area contributed by atoms with Gasteiger partial charge in [-0.2, -0.15) is 5.26 Å². The van der Waals surface area contributed by atoms with Gasteiger partial charge in [0.1, 0.15) is 23.1 Å². The van der Waals surface area contributed by atoms with Crippen LogP contribution in [0.2, 0.25) is 0 Å². The molecule has 712 valence electrons. The van der Waals surface area contributed by atoms with Crippen LogP contribution in [0, 0.1) is 142 Å². The number of nitrogens with zero attached hydrogens (tertiary/aromatic N) is 2. The van der Waals surface area contributed by atoms with Crippen molar-refractivity contribution in [3.63, 3.8) is 0 Å². The van der Waals surface area contributed by atoms with E-state index in [1.54, 1.807) is 0 Å². The molecule has 0 bridgehead atoms. The maximum atomic E-state index is 12.9. The van der Waals surface area contributed by atoms with Crippen molar-refractivity contribution in [2.75, 3.05) is 38.0 Å². The minimum atomic E-state index is -0.120. The fourth-order valence-corrected chi connectivity index (χ4v) is 21.0. The molecule has 5 aliphatic carbocycles. The largest absolute Gasteiger partial charge is 1.00 e. The first-order valence-electron chi connectivity index (χ1n) is 47.4. The summed E-state index contributed by atoms with van der Waals surface area (Å²) >= 11 is 13.2. The van der Waals surface area contributed by atoms with Crippen molar-refractivity contribution in [3.05, 3.63) is 176 Å². The van der Waals surface area contributed by atoms with Gasteiger partial charge in [-0.25, -0.2) is 0 Å². The van der Waals surface area contributed by atoms with E-state index in [1.807, 2.05) is 60.7 Å². The summed E-state index contributed by atoms with van der Waals surface area (Å²) in [5.41, 5.74) is 36.0. The number of carbonyl (C=O) groups excluding carboxylic acids is 5. The number of nitriles is 1. The van der Waals surface area contributed by atoms with Crippen molar-refractivity contribution in [1.29, 1.82) is 10.5 Å². The maximum absolute atomic E-state index is 12.9. The van der Waals surface area contributed by atoms with Gasteiger partial charge >= 0.3 is 62.6 Å². The molecule has 127 heavy (non-hydrogen) atoms. The number of halogens is 5. The summed E-state index contributed by atoms with van der Waals surface area (Å²) in [6.07, 6.45) is 29.0. The van der Waals surface area contributed by atoms with E-state index in [0.717, 1.165) is 135 Å². The molecule has 5 fully saturated rings. The van der Waals surface area contributed by atoms with Crippen LogP contribution < -0.4 is 63.5 Å². The number of Topliss-reactive ketones (excluding diaryl/α,β-unsaturated/α-hetero) is 4. The Labute approximate surface area is 831 Å². The Morgan fingerprint density at radius 2 is 0.669 bits per heavy atom. The van der Waals surface area contributed by atoms with E-state index in [4.69, 9.17) is 77.8 Å². The zero-order chi connectivity index (χ0) is 93.5. The predicted molar refractivity (Wildman–Crippen MR) is 539 cm³/mol. The van der Waals surface area contributed by atoms with Gasteiger partial charge in [-0.3, -0.25) is 24.0 Å². The zero-order valence-corrected chi connectivity index (χ0v) is 88.6. The second-order valence-electron chi connectivity index (χ2n) is 38.2. The number of carbonyl (C=O) groups is 5. The Morgan fingerprint density at radius 3 is 0.976 bits per heavy atom. The average molecular weight is 1990 g/mol. The van der Waals surface area contributed by atoms with Gasteiger partial charge in [0.05, 0.1) is 11.6 Å². The fourth-order valence-electron chi connectivity index (χ4n) is 19.8. The third kappa shape index (κ3) is 47.9. The Hall–Kier alpha value is -3.65. The molecule has 0 aliphatic heterocycles. The number of ketones is 4. The third-order valence-electron chi connectivity index (χ3n) is 27.0. The smallest absolute Gasteiger partial charge is 1.00 e. The molecule has 15 atom stereocenters. The van der Waals surface area contributed by atoms with Gasteiger partial charge in [0, 0.05) is 103 Å². The molecule has 13 nitrogen and oxygen atoms in total. The SMILES string of the molecule is C.CC(C)[C@@H]1CC[C@@H](C)C[C@H]1C(=O)CCCc1ccccc1Br.CC(C)[C@@H]1CC[C@@H](C)C[C@H]1C(=O)CCCc1ccccc1C#N.CC(C)[C@@H]1CC[C@@H](C)C[C@H]1C(=O)CCCc1ccccc1CN.CC(C)[C@@H]1CC[C@@H](C)C[C@H]1C(=O)CCCc1ccccc1NCCN.CC(C)[C@@H]1CC[C@@H](C)C[C@H]1C(=O)Cl.NCCN.NCCc1ccccc1Br.[C-]#N.[Cl][Ni][Cl].[Na+]. The molecule has 5 aromatic rings. The molecule has 0 radical (unpaired) electrons. The van der Waals surface area contributed by atoms with Gasteiger partial charge in [-0.05, 0) is 287 Å². The van der Waals surface area contributed by atoms with Crippen molar-refractivity contribution < 1.29 is 66.2 Å². The molecule has 0 amide bonds. The number of para-hydroxylation sites is 1. The van der Waals surface area contributed by atoms with Crippen molar-refractivity contribution in [3.8, 4) is 6.07 Å². The predicted octanol–water partition coefficient (Wildman–Crippen LogP) is 24.0. The summed E-state index contributed by atoms with van der Waals surface area (Å²) in [5, 5.41) is 18.7. The van der Waals surface area contributed by atoms with Crippen LogP contribution in [0.15, 0.2) is 130 Å². The Bertz CT molecular complexity index is 3860. The molecule has 0 saturated heterocycles. The first-order chi connectivity index (χ1) is 59.7. The zero-order valence-electron chi connectivity index (χ0n) is 80.2. The Kier molecular flexibility index (Phi) is 69.8. The molecular formula is C107H168Br2Cl3N8NaNiO5. The van der Waals surface area contributed by atoms with E-state index in [9.17, 15) is 24.0 Å². The average Bonchev–Trinajstić information content (AvgIpc) is 0.850. The van der Waals surface area contributed by atoms with Crippen molar-refractivity contribution in [2.24, 2.45) is 147 Å². The molecule has 0 aromatic heterocycles. The van der Waals surface area contributed by atoms with E-state index in [0.29, 0.717) is 182 Å². The molecule has 5 aliphatic rings. The van der Waals surface area contributed by atoms with Crippen LogP contribution in [0.1, 0.15) is 298 Å². The number of hydrogen-bond donors (Lipinski definition) is 6. The molecule has 0 heterocycles. The van der Waals surface area contributed by atoms with Gasteiger partial charge in [-0.1, -0.05) is 272 Å². The maximum Gasteiger partial charge on any atom is 1.00 e. The monoisotopic (exact) mass is 1990 g/mol. The summed E-state index contributed by atoms with van der Waals surface area (Å²) in [7, 11) is 9.40. The summed E-state index contributed by atoms with van der Waals surface area (Å²) in [6, 6.07) is 43.1. The summed E-state index contributed by atoms with van der Waals surface area (Å²) in [5.74, 6) is 12.6. The van der Waals surface area contributed by atoms with Crippen LogP contribution in [0.4, 0.5) is 5.69 Å². The Morgan fingerprint density at radius 1 is 0.402 bits per heavy atom. The van der Waals surface area contributed by atoms with Crippen LogP contribution in [0.3, 0.4) is 0 Å². The van der Waals surface area contributed by atoms with E-state index in [-0.39, 0.29) is 60.0 Å². The van der Waals surface area contributed by atoms with Crippen LogP contribution >= 0.6 is 63.8 Å². The Balaban J connectivity index is 0.00000149. The van der Waals surface area contributed by atoms with Crippen LogP contribution in [-0.4, -0.2) is 61.1 Å². The van der Waals surface area contributed by atoms with Crippen molar-refractivity contribution in [2.45, 2.75) is 298 Å². The number of benzene rings is 5. The number of nitrogens with two attached hydrogens (primary N) is 5. The molecule has 5 saturated carbocycles. The topological polar surface area (TPSA) is 275 Å². The molecule has 0 spiro atoms. The summed E-state index contributed by atoms with van der Waals surface area (Å²) < 4.78 is 2.31. The summed E-state index contributed by atoms with van der Waals surface area (Å²) in [6.45, 7) is 42.6. The second-order valence-corrected chi connectivity index (χ2v) is 41.9. The first-order valence-corrected chi connectivity index (χ1v) is 52.1. The summed E-state index contributed by atoms with van der Waals surface area (Å²) in [4.78, 5) is 62.3. The molecule has 5 aromatic carbocycles. The number of nitrogens with one attached hydrogen (secondary N) is 1. The van der Waals surface area contributed by atoms with E-state index >= 15 is 0 Å². The minimum Gasteiger partial charge on any atom is 1.00 e. The van der Waals surface area contributed by atoms with Gasteiger partial charge < -0.3 is 45.8 Å². The van der Waals surface area contributed by atoms with Crippen LogP contribution in [-0.2, 0) is 75.3 Å². The van der Waals surface area contributed by atoms with Crippen LogP contribution in [0.25, 0.3) is 0 Å². The van der Waals surface area contributed by atoms with Gasteiger partial charge in [0.15, 0.2) is 0 Å². The quantitative estimate of drug-likeness (QED) is 0.0130. The van der Waals surface area contributed by atoms with Crippen molar-refractivity contribution in [1.82, 2.24) is 0 Å². The molecule has 11 N–H and O–H groups in total. The molecule has 10 rings (SSSR count). The van der Waals surface area contributed by atoms with Crippen molar-refractivity contribution >= 4 is 97.9 Å². The van der Waals surface area contributed by atoms with E-state index in [1.165, 1.54) is 92.0 Å². The van der Waals surface area contributed by atoms with Crippen LogP contribution in [0.5, 0.6) is 0 Å². The fraction of sp³-hybridized carbons (Fsp3) is 0.654. The number of anilines is 1. The van der Waals surface area contributed by atoms with Gasteiger partial charge in [0.25, 0.3) is 0 Å². The van der Waals surface area contributed by atoms with Gasteiger partial charge in [0.2, 0.25) is 5.24 Å². The van der Waals surface area contributed by atoms with E-state index in [2.05, 4.69) is 208 Å². The normalized spacial score (nSPS) is 22.7. The molecule has 0 unspecified atom stereocenters. The minimum absolute atomic E-state index is 0. The standard InChI is InChI=1S/C22H36N2O.C21H33NO.C21H29NO.C20H29BrO.C11H19ClO.C8H10BrN.C2H8N2.CN.CH4.2ClH.Na.Ni/c1-16(2)19-12-11-17(3)15-20(19)22(25)10-6-8-18-7-4-5-9-21(18)24-14-13-23;2*1-15(2)19-12-11-16(3)13-20(19)21(23)10-6-9-17-7-4-5-8-18(17)14-22;1-14(2)17-12-11-15(3)13-18(17)20(22)10-6-8-16-7-4-5-9-19(16)21;1-7(2)9-5-4-8(3)6-10(9)11(12)13;9-8-4-2-1-3-7(8)5-6-10;3-1-2-4;1-2;;;;;/h4-5,7,9,16-17,19-20,24H,6,8,10-15,23H2,1-3H3;4-5,7-8,15-16,19-20H,6,9-14,22H2,1-3H3;4-5,7-8,15-16,19-20H,6,9-13H2,1-3H3;4-5,7,9,14-15,17-18H,6,8,10-13H2,1-3H3;7-10H,4-6H2,1-3H3;1-4H,5-6,10H2;1-4H2;;1H4;2*1H;;/q;;;;;;;-1;;;;+1;+2/p-2/t17-,19+,20-;2*16-,19+,20-;15-,17+,18-;8-,9+,10-;;;;;;;;/m11111......../s1. The molecule has 20 heteroatoms. The first kappa shape index (κ1) is 123. The number of rotatable bonds is 33. The second kappa shape index (κ2) is 71.9. The van der Waals surface area contributed by atoms with Gasteiger partial charge in [-0.15, -0.1) is 0 Å². The van der Waals surface area contributed by atoms with E-state index < -0.39 is 0 Å². The number of aryl methyl sites for hydroxylation is 4.